The fourth-order valence-electron chi connectivity index (χ4n) is 11.4. The van der Waals surface area contributed by atoms with Gasteiger partial charge in [0.05, 0.1) is 32.0 Å². The topological polar surface area (TPSA) is 228 Å². The lowest BCUT2D eigenvalue weighted by Crippen LogP contribution is -2.65. The van der Waals surface area contributed by atoms with Crippen molar-refractivity contribution in [3.63, 3.8) is 0 Å². The SMILES string of the molecule is CCCCCCCCCC/C=C\CCCCCCCCCCCCCCCC(=O)NC(COC1OC(CO)C(OC2OC(CO)C(O)C(O)C2O)C(O)C1O)C(O)CCCCCCCCCCCCCCCCCCCCCC. The number of hydrogen-bond donors (Lipinski definition) is 9. The fourth-order valence-corrected chi connectivity index (χ4v) is 11.4. The summed E-state index contributed by atoms with van der Waals surface area (Å²) in [5, 5.41) is 87.5. The molecule has 2 saturated heterocycles. The molecule has 2 aliphatic heterocycles. The van der Waals surface area contributed by atoms with Gasteiger partial charge in [-0.05, 0) is 38.5 Å². The molecule has 0 aliphatic carbocycles. The summed E-state index contributed by atoms with van der Waals surface area (Å²) in [6.07, 6.45) is 43.6. The second kappa shape index (κ2) is 51.2. The minimum Gasteiger partial charge on any atom is -0.394 e. The molecule has 0 aromatic carbocycles. The summed E-state index contributed by atoms with van der Waals surface area (Å²) in [4.78, 5) is 13.3. The molecule has 2 fully saturated rings. The van der Waals surface area contributed by atoms with Crippen molar-refractivity contribution < 1.29 is 64.6 Å². The van der Waals surface area contributed by atoms with Crippen molar-refractivity contribution in [3.05, 3.63) is 12.2 Å². The molecule has 0 radical (unpaired) electrons. The molecule has 14 nitrogen and oxygen atoms in total. The van der Waals surface area contributed by atoms with Crippen molar-refractivity contribution in [2.75, 3.05) is 19.8 Å². The highest BCUT2D eigenvalue weighted by Gasteiger charge is 2.51. The molecular weight excluding hydrogens is 1000 g/mol. The standard InChI is InChI=1S/C65H125NO13/c1-3-5-7-9-11-13-15-17-19-21-23-25-26-27-28-29-31-33-35-37-39-41-43-45-47-49-57(70)66-53(54(69)48-46-44-42-40-38-36-34-32-30-24-22-20-18-16-14-12-10-8-6-4-2)52-76-64-62(75)60(73)63(56(51-68)78-64)79-65-61(74)59(72)58(71)55(50-67)77-65/h21,23,53-56,58-65,67-69,71-75H,3-20,22,24-52H2,1-2H3,(H,66,70)/b23-21-. The fraction of sp³-hybridized carbons (Fsp3) is 0.954. The van der Waals surface area contributed by atoms with Gasteiger partial charge >= 0.3 is 0 Å². The first-order valence-electron chi connectivity index (χ1n) is 33.4. The number of hydrogen-bond acceptors (Lipinski definition) is 13. The molecule has 12 atom stereocenters. The lowest BCUT2D eigenvalue weighted by atomic mass is 9.97. The summed E-state index contributed by atoms with van der Waals surface area (Å²) < 4.78 is 22.9. The van der Waals surface area contributed by atoms with Gasteiger partial charge in [0.25, 0.3) is 0 Å². The van der Waals surface area contributed by atoms with Gasteiger partial charge in [-0.25, -0.2) is 0 Å². The van der Waals surface area contributed by atoms with Crippen LogP contribution >= 0.6 is 0 Å². The van der Waals surface area contributed by atoms with E-state index in [9.17, 15) is 45.6 Å². The Kier molecular flexibility index (Phi) is 47.8. The summed E-state index contributed by atoms with van der Waals surface area (Å²) in [7, 11) is 0. The summed E-state index contributed by atoms with van der Waals surface area (Å²) >= 11 is 0. The first-order valence-corrected chi connectivity index (χ1v) is 33.4. The van der Waals surface area contributed by atoms with E-state index in [1.54, 1.807) is 0 Å². The lowest BCUT2D eigenvalue weighted by Gasteiger charge is -2.46. The zero-order valence-electron chi connectivity index (χ0n) is 50.6. The molecular formula is C65H125NO13. The zero-order valence-corrected chi connectivity index (χ0v) is 50.6. The smallest absolute Gasteiger partial charge is 0.220 e. The maximum atomic E-state index is 13.3. The van der Waals surface area contributed by atoms with Crippen LogP contribution in [0.15, 0.2) is 12.2 Å². The highest BCUT2D eigenvalue weighted by molar-refractivity contribution is 5.76. The molecule has 2 rings (SSSR count). The Bertz CT molecular complexity index is 1380. The van der Waals surface area contributed by atoms with E-state index >= 15 is 0 Å². The Balaban J connectivity index is 1.69. The summed E-state index contributed by atoms with van der Waals surface area (Å²) in [5.41, 5.74) is 0. The third kappa shape index (κ3) is 36.2. The molecule has 2 heterocycles. The van der Waals surface area contributed by atoms with Crippen LogP contribution in [-0.4, -0.2) is 140 Å². The molecule has 0 bridgehead atoms. The van der Waals surface area contributed by atoms with Crippen molar-refractivity contribution in [2.24, 2.45) is 0 Å². The number of allylic oxidation sites excluding steroid dienone is 2. The van der Waals surface area contributed by atoms with Crippen LogP contribution in [0, 0.1) is 0 Å². The zero-order chi connectivity index (χ0) is 57.4. The Morgan fingerprint density at radius 3 is 1.20 bits per heavy atom. The molecule has 468 valence electrons. The predicted molar refractivity (Wildman–Crippen MR) is 319 cm³/mol. The van der Waals surface area contributed by atoms with E-state index in [0.29, 0.717) is 12.8 Å². The van der Waals surface area contributed by atoms with Gasteiger partial charge in [0.2, 0.25) is 5.91 Å². The molecule has 0 aromatic heterocycles. The first-order chi connectivity index (χ1) is 38.6. The van der Waals surface area contributed by atoms with Gasteiger partial charge in [0.15, 0.2) is 12.6 Å². The number of aliphatic hydroxyl groups excluding tert-OH is 8. The maximum absolute atomic E-state index is 13.3. The van der Waals surface area contributed by atoms with Gasteiger partial charge in [-0.3, -0.25) is 4.79 Å². The number of carbonyl (C=O) groups is 1. The number of aliphatic hydroxyl groups is 8. The van der Waals surface area contributed by atoms with Crippen molar-refractivity contribution >= 4 is 5.91 Å². The van der Waals surface area contributed by atoms with E-state index in [1.165, 1.54) is 225 Å². The average molecular weight is 1130 g/mol. The van der Waals surface area contributed by atoms with E-state index in [-0.39, 0.29) is 12.5 Å². The third-order valence-corrected chi connectivity index (χ3v) is 16.7. The molecule has 1 amide bonds. The van der Waals surface area contributed by atoms with E-state index in [2.05, 4.69) is 31.3 Å². The summed E-state index contributed by atoms with van der Waals surface area (Å²) in [6.45, 7) is 2.91. The Morgan fingerprint density at radius 2 is 0.797 bits per heavy atom. The van der Waals surface area contributed by atoms with Crippen molar-refractivity contribution in [3.8, 4) is 0 Å². The average Bonchev–Trinajstić information content (AvgIpc) is 3.47. The number of carbonyl (C=O) groups excluding carboxylic acids is 1. The second-order valence-corrected chi connectivity index (χ2v) is 24.0. The highest BCUT2D eigenvalue weighted by Crippen LogP contribution is 2.30. The molecule has 0 spiro atoms. The largest absolute Gasteiger partial charge is 0.394 e. The van der Waals surface area contributed by atoms with Crippen LogP contribution in [0.25, 0.3) is 0 Å². The van der Waals surface area contributed by atoms with Crippen LogP contribution in [0.1, 0.15) is 303 Å². The quantitative estimate of drug-likeness (QED) is 0.0204. The molecule has 0 saturated carbocycles. The molecule has 0 aromatic rings. The molecule has 14 heteroatoms. The molecule has 79 heavy (non-hydrogen) atoms. The van der Waals surface area contributed by atoms with Crippen LogP contribution < -0.4 is 5.32 Å². The van der Waals surface area contributed by atoms with Crippen molar-refractivity contribution in [1.29, 1.82) is 0 Å². The van der Waals surface area contributed by atoms with Gasteiger partial charge in [-0.1, -0.05) is 270 Å². The summed E-state index contributed by atoms with van der Waals surface area (Å²) in [5.74, 6) is -0.201. The minimum atomic E-state index is -1.78. The van der Waals surface area contributed by atoms with Gasteiger partial charge in [-0.15, -0.1) is 0 Å². The lowest BCUT2D eigenvalue weighted by molar-refractivity contribution is -0.359. The van der Waals surface area contributed by atoms with Crippen LogP contribution in [0.2, 0.25) is 0 Å². The number of amides is 1. The van der Waals surface area contributed by atoms with E-state index in [0.717, 1.165) is 51.4 Å². The van der Waals surface area contributed by atoms with Crippen LogP contribution in [0.5, 0.6) is 0 Å². The van der Waals surface area contributed by atoms with E-state index < -0.39 is 86.8 Å². The van der Waals surface area contributed by atoms with Crippen LogP contribution in [-0.2, 0) is 23.7 Å². The number of ether oxygens (including phenoxy) is 4. The van der Waals surface area contributed by atoms with E-state index in [4.69, 9.17) is 18.9 Å². The Labute approximate surface area is 482 Å². The third-order valence-electron chi connectivity index (χ3n) is 16.7. The number of nitrogens with one attached hydrogen (secondary N) is 1. The molecule has 2 aliphatic rings. The Morgan fingerprint density at radius 1 is 0.443 bits per heavy atom. The predicted octanol–water partition coefficient (Wildman–Crippen LogP) is 12.6. The number of rotatable bonds is 55. The number of unbranched alkanes of at least 4 members (excludes halogenated alkanes) is 40. The minimum absolute atomic E-state index is 0.201. The van der Waals surface area contributed by atoms with Crippen LogP contribution in [0.3, 0.4) is 0 Å². The second-order valence-electron chi connectivity index (χ2n) is 24.0. The summed E-state index contributed by atoms with van der Waals surface area (Å²) in [6, 6.07) is -0.826. The molecule has 12 unspecified atom stereocenters. The highest BCUT2D eigenvalue weighted by atomic mass is 16.7. The van der Waals surface area contributed by atoms with Gasteiger partial charge < -0.3 is 65.1 Å². The van der Waals surface area contributed by atoms with Gasteiger partial charge in [0.1, 0.15) is 48.8 Å². The first kappa shape index (κ1) is 73.8. The monoisotopic (exact) mass is 1130 g/mol. The van der Waals surface area contributed by atoms with Crippen LogP contribution in [0.4, 0.5) is 0 Å². The maximum Gasteiger partial charge on any atom is 0.220 e. The van der Waals surface area contributed by atoms with Gasteiger partial charge in [-0.2, -0.15) is 0 Å². The Hall–Kier alpha value is -1.27. The van der Waals surface area contributed by atoms with Crippen molar-refractivity contribution in [1.82, 2.24) is 5.32 Å². The van der Waals surface area contributed by atoms with Gasteiger partial charge in [0, 0.05) is 6.42 Å². The normalized spacial score (nSPS) is 24.4. The molecule has 9 N–H and O–H groups in total. The van der Waals surface area contributed by atoms with E-state index in [1.807, 2.05) is 0 Å². The van der Waals surface area contributed by atoms with Crippen molar-refractivity contribution in [2.45, 2.75) is 376 Å².